The third kappa shape index (κ3) is 4.12. The Labute approximate surface area is 145 Å². The molecule has 8 heteroatoms. The number of rotatable bonds is 4. The number of hydrogen-bond donors (Lipinski definition) is 2. The van der Waals surface area contributed by atoms with Crippen LogP contribution in [0.25, 0.3) is 0 Å². The third-order valence-corrected chi connectivity index (χ3v) is 4.89. The van der Waals surface area contributed by atoms with Crippen molar-refractivity contribution in [3.63, 3.8) is 0 Å². The molecule has 2 aliphatic rings. The molecule has 2 heterocycles. The molecule has 1 saturated heterocycles. The Morgan fingerprint density at radius 1 is 1.04 bits per heavy atom. The largest absolute Gasteiger partial charge is 0.476 e. The molecular formula is C17H22N4O4. The topological polar surface area (TPSA) is 112 Å². The molecule has 2 N–H and O–H groups in total. The molecule has 0 radical (unpaired) electrons. The van der Waals surface area contributed by atoms with Crippen LogP contribution in [0.5, 0.6) is 0 Å². The molecule has 3 rings (SSSR count). The molecule has 2 fully saturated rings. The highest BCUT2D eigenvalue weighted by atomic mass is 16.4. The number of amides is 2. The number of hydrogen-bond acceptors (Lipinski definition) is 5. The zero-order valence-corrected chi connectivity index (χ0v) is 14.0. The van der Waals surface area contributed by atoms with Gasteiger partial charge < -0.3 is 15.3 Å². The van der Waals surface area contributed by atoms with Crippen LogP contribution in [0.15, 0.2) is 12.4 Å². The van der Waals surface area contributed by atoms with Gasteiger partial charge in [-0.15, -0.1) is 0 Å². The summed E-state index contributed by atoms with van der Waals surface area (Å²) >= 11 is 0. The molecule has 1 aromatic rings. The van der Waals surface area contributed by atoms with Gasteiger partial charge in [0.1, 0.15) is 5.69 Å². The van der Waals surface area contributed by atoms with E-state index in [4.69, 9.17) is 5.11 Å². The molecule has 0 bridgehead atoms. The van der Waals surface area contributed by atoms with Crippen LogP contribution in [-0.2, 0) is 4.79 Å². The first-order chi connectivity index (χ1) is 12.0. The number of carbonyl (C=O) groups is 3. The summed E-state index contributed by atoms with van der Waals surface area (Å²) in [6.07, 6.45) is 7.74. The maximum Gasteiger partial charge on any atom is 0.356 e. The normalized spacial score (nSPS) is 23.3. The predicted molar refractivity (Wildman–Crippen MR) is 88.0 cm³/mol. The van der Waals surface area contributed by atoms with E-state index in [0.717, 1.165) is 51.2 Å². The molecular weight excluding hydrogens is 324 g/mol. The second-order valence-electron chi connectivity index (χ2n) is 6.66. The maximum absolute atomic E-state index is 12.5. The Kier molecular flexibility index (Phi) is 5.25. The zero-order valence-electron chi connectivity index (χ0n) is 14.0. The van der Waals surface area contributed by atoms with E-state index in [2.05, 4.69) is 15.3 Å². The Hall–Kier alpha value is -2.51. The van der Waals surface area contributed by atoms with Crippen molar-refractivity contribution in [1.82, 2.24) is 20.2 Å². The van der Waals surface area contributed by atoms with Crippen LogP contribution >= 0.6 is 0 Å². The van der Waals surface area contributed by atoms with Crippen LogP contribution < -0.4 is 5.32 Å². The molecule has 2 amide bonds. The fraction of sp³-hybridized carbons (Fsp3) is 0.588. The van der Waals surface area contributed by atoms with Gasteiger partial charge in [-0.05, 0) is 38.5 Å². The van der Waals surface area contributed by atoms with Gasteiger partial charge in [-0.25, -0.2) is 14.8 Å². The summed E-state index contributed by atoms with van der Waals surface area (Å²) < 4.78 is 0. The summed E-state index contributed by atoms with van der Waals surface area (Å²) in [5.41, 5.74) is -0.125. The Balaban J connectivity index is 1.52. The molecule has 0 spiro atoms. The predicted octanol–water partition coefficient (Wildman–Crippen LogP) is 1.09. The van der Waals surface area contributed by atoms with Crippen LogP contribution in [0.2, 0.25) is 0 Å². The minimum absolute atomic E-state index is 0.0242. The zero-order chi connectivity index (χ0) is 17.8. The van der Waals surface area contributed by atoms with Crippen LogP contribution in [0, 0.1) is 5.92 Å². The van der Waals surface area contributed by atoms with E-state index in [1.165, 1.54) is 6.42 Å². The first-order valence-corrected chi connectivity index (χ1v) is 8.69. The van der Waals surface area contributed by atoms with Gasteiger partial charge in [0.25, 0.3) is 5.91 Å². The molecule has 25 heavy (non-hydrogen) atoms. The SMILES string of the molecule is O=C(O)c1cnc(C(=O)N[C@H]2CC[C@@H](C(=O)N3CCCCC3)C2)cn1. The summed E-state index contributed by atoms with van der Waals surface area (Å²) in [4.78, 5) is 45.0. The van der Waals surface area contributed by atoms with Crippen LogP contribution in [0.1, 0.15) is 59.5 Å². The van der Waals surface area contributed by atoms with Crippen molar-refractivity contribution < 1.29 is 19.5 Å². The average molecular weight is 346 g/mol. The first kappa shape index (κ1) is 17.3. The van der Waals surface area contributed by atoms with E-state index in [1.54, 1.807) is 0 Å². The van der Waals surface area contributed by atoms with Gasteiger partial charge in [0.05, 0.1) is 12.4 Å². The van der Waals surface area contributed by atoms with E-state index >= 15 is 0 Å². The summed E-state index contributed by atoms with van der Waals surface area (Å²) in [7, 11) is 0. The quantitative estimate of drug-likeness (QED) is 0.844. The van der Waals surface area contributed by atoms with Gasteiger partial charge >= 0.3 is 5.97 Å². The van der Waals surface area contributed by atoms with Gasteiger partial charge in [-0.1, -0.05) is 0 Å². The third-order valence-electron chi connectivity index (χ3n) is 4.89. The van der Waals surface area contributed by atoms with E-state index in [1.807, 2.05) is 4.90 Å². The lowest BCUT2D eigenvalue weighted by Gasteiger charge is -2.29. The van der Waals surface area contributed by atoms with Crippen molar-refractivity contribution in [3.8, 4) is 0 Å². The minimum atomic E-state index is -1.19. The molecule has 1 aliphatic carbocycles. The maximum atomic E-state index is 12.5. The highest BCUT2D eigenvalue weighted by molar-refractivity contribution is 5.93. The van der Waals surface area contributed by atoms with Crippen LogP contribution in [0.3, 0.4) is 0 Å². The molecule has 1 saturated carbocycles. The number of piperidine rings is 1. The number of aromatic nitrogens is 2. The summed E-state index contributed by atoms with van der Waals surface area (Å²) in [5, 5.41) is 11.7. The van der Waals surface area contributed by atoms with E-state index < -0.39 is 5.97 Å². The summed E-state index contributed by atoms with van der Waals surface area (Å²) in [6, 6.07) is -0.0628. The lowest BCUT2D eigenvalue weighted by molar-refractivity contribution is -0.136. The van der Waals surface area contributed by atoms with E-state index in [-0.39, 0.29) is 35.2 Å². The minimum Gasteiger partial charge on any atom is -0.476 e. The average Bonchev–Trinajstić information content (AvgIpc) is 3.10. The highest BCUT2D eigenvalue weighted by Gasteiger charge is 2.33. The fourth-order valence-corrected chi connectivity index (χ4v) is 3.52. The number of nitrogens with zero attached hydrogens (tertiary/aromatic N) is 3. The van der Waals surface area contributed by atoms with Gasteiger partial charge in [0, 0.05) is 25.0 Å². The van der Waals surface area contributed by atoms with E-state index in [0.29, 0.717) is 6.42 Å². The monoisotopic (exact) mass is 346 g/mol. The lowest BCUT2D eigenvalue weighted by Crippen LogP contribution is -2.40. The molecule has 2 atom stereocenters. The molecule has 8 nitrogen and oxygen atoms in total. The van der Waals surface area contributed by atoms with Gasteiger partial charge in [-0.2, -0.15) is 0 Å². The van der Waals surface area contributed by atoms with E-state index in [9.17, 15) is 14.4 Å². The number of aromatic carboxylic acids is 1. The van der Waals surface area contributed by atoms with Gasteiger partial charge in [0.2, 0.25) is 5.91 Å². The smallest absolute Gasteiger partial charge is 0.356 e. The highest BCUT2D eigenvalue weighted by Crippen LogP contribution is 2.28. The molecule has 0 aromatic carbocycles. The molecule has 0 unspecified atom stereocenters. The molecule has 134 valence electrons. The van der Waals surface area contributed by atoms with Crippen molar-refractivity contribution in [2.24, 2.45) is 5.92 Å². The van der Waals surface area contributed by atoms with Gasteiger partial charge in [0.15, 0.2) is 5.69 Å². The van der Waals surface area contributed by atoms with Crippen LogP contribution in [-0.4, -0.2) is 56.9 Å². The lowest BCUT2D eigenvalue weighted by atomic mass is 10.0. The van der Waals surface area contributed by atoms with Crippen molar-refractivity contribution in [2.75, 3.05) is 13.1 Å². The number of carbonyl (C=O) groups excluding carboxylic acids is 2. The number of carboxylic acids is 1. The second-order valence-corrected chi connectivity index (χ2v) is 6.66. The molecule has 1 aliphatic heterocycles. The van der Waals surface area contributed by atoms with Crippen molar-refractivity contribution in [3.05, 3.63) is 23.8 Å². The Morgan fingerprint density at radius 2 is 1.72 bits per heavy atom. The number of carboxylic acid groups (broad SMARTS) is 1. The standard InChI is InChI=1S/C17H22N4O4/c22-15(13-9-19-14(10-18-13)17(24)25)20-12-5-4-11(8-12)16(23)21-6-2-1-3-7-21/h9-12H,1-8H2,(H,20,22)(H,24,25)/t11-,12+/m1/s1. The molecule has 1 aromatic heterocycles. The summed E-state index contributed by atoms with van der Waals surface area (Å²) in [6.45, 7) is 1.69. The second kappa shape index (κ2) is 7.58. The van der Waals surface area contributed by atoms with Crippen molar-refractivity contribution in [1.29, 1.82) is 0 Å². The number of nitrogens with one attached hydrogen (secondary N) is 1. The van der Waals surface area contributed by atoms with Gasteiger partial charge in [-0.3, -0.25) is 9.59 Å². The Morgan fingerprint density at radius 3 is 2.36 bits per heavy atom. The summed E-state index contributed by atoms with van der Waals surface area (Å²) in [5.74, 6) is -1.39. The first-order valence-electron chi connectivity index (χ1n) is 8.69. The fourth-order valence-electron chi connectivity index (χ4n) is 3.52. The van der Waals surface area contributed by atoms with Crippen molar-refractivity contribution >= 4 is 17.8 Å². The Bertz CT molecular complexity index is 655. The number of likely N-dealkylation sites (tertiary alicyclic amines) is 1. The van der Waals surface area contributed by atoms with Crippen LogP contribution in [0.4, 0.5) is 0 Å². The van der Waals surface area contributed by atoms with Crippen molar-refractivity contribution in [2.45, 2.75) is 44.6 Å².